The molecule has 5 heteroatoms. The molecule has 0 bridgehead atoms. The maximum Gasteiger partial charge on any atom is 0.121 e. The number of anilines is 1. The van der Waals surface area contributed by atoms with E-state index in [0.29, 0.717) is 18.1 Å². The minimum atomic E-state index is 0.429. The van der Waals surface area contributed by atoms with Gasteiger partial charge in [0.1, 0.15) is 18.1 Å². The summed E-state index contributed by atoms with van der Waals surface area (Å²) in [5.74, 6) is 2.73. The zero-order chi connectivity index (χ0) is 28.8. The van der Waals surface area contributed by atoms with Crippen LogP contribution in [0.5, 0.6) is 11.5 Å². The summed E-state index contributed by atoms with van der Waals surface area (Å²) in [6, 6.07) is 13.7. The van der Waals surface area contributed by atoms with E-state index in [1.54, 1.807) is 7.11 Å². The van der Waals surface area contributed by atoms with Crippen LogP contribution in [-0.2, 0) is 6.54 Å². The highest BCUT2D eigenvalue weighted by molar-refractivity contribution is 5.62. The molecule has 0 saturated heterocycles. The number of aryl methyl sites for hydroxylation is 1. The molecule has 5 rings (SSSR count). The lowest BCUT2D eigenvalue weighted by molar-refractivity contribution is 0.160. The number of ether oxygens (including phenoxy) is 2. The Balaban J connectivity index is 1.25. The van der Waals surface area contributed by atoms with Gasteiger partial charge in [0.05, 0.1) is 12.9 Å². The second-order valence-corrected chi connectivity index (χ2v) is 12.2. The number of allylic oxidation sites excluding steroid dienone is 5. The molecule has 5 nitrogen and oxygen atoms in total. The van der Waals surface area contributed by atoms with Crippen LogP contribution >= 0.6 is 0 Å². The molecule has 1 unspecified atom stereocenters. The molecule has 2 aromatic rings. The van der Waals surface area contributed by atoms with E-state index in [1.807, 2.05) is 6.08 Å². The van der Waals surface area contributed by atoms with Crippen molar-refractivity contribution in [3.05, 3.63) is 88.2 Å². The molecular formula is C36H48N2O3. The van der Waals surface area contributed by atoms with Gasteiger partial charge in [-0.05, 0) is 104 Å². The van der Waals surface area contributed by atoms with Crippen LogP contribution in [0, 0.1) is 6.92 Å². The van der Waals surface area contributed by atoms with E-state index < -0.39 is 0 Å². The van der Waals surface area contributed by atoms with Crippen LogP contribution in [0.4, 0.5) is 5.69 Å². The zero-order valence-electron chi connectivity index (χ0n) is 25.5. The van der Waals surface area contributed by atoms with E-state index in [4.69, 9.17) is 9.47 Å². The first-order chi connectivity index (χ1) is 19.9. The Morgan fingerprint density at radius 1 is 0.951 bits per heavy atom. The van der Waals surface area contributed by atoms with Gasteiger partial charge in [-0.15, -0.1) is 0 Å². The third-order valence-electron chi connectivity index (χ3n) is 9.28. The summed E-state index contributed by atoms with van der Waals surface area (Å²) in [7, 11) is 6.17. The van der Waals surface area contributed by atoms with Crippen molar-refractivity contribution in [3.8, 4) is 11.5 Å². The lowest BCUT2D eigenvalue weighted by Crippen LogP contribution is -2.36. The third-order valence-corrected chi connectivity index (χ3v) is 9.28. The summed E-state index contributed by atoms with van der Waals surface area (Å²) in [6.07, 6.45) is 16.7. The molecule has 1 N–H and O–H groups in total. The van der Waals surface area contributed by atoms with Gasteiger partial charge in [-0.1, -0.05) is 43.5 Å². The fourth-order valence-corrected chi connectivity index (χ4v) is 6.93. The molecule has 41 heavy (non-hydrogen) atoms. The predicted octanol–water partition coefficient (Wildman–Crippen LogP) is 8.25. The van der Waals surface area contributed by atoms with Gasteiger partial charge in [0.25, 0.3) is 0 Å². The van der Waals surface area contributed by atoms with Crippen LogP contribution in [0.15, 0.2) is 71.5 Å². The Labute approximate surface area is 247 Å². The summed E-state index contributed by atoms with van der Waals surface area (Å²) in [6.45, 7) is 4.72. The Hall–Kier alpha value is -3.18. The Morgan fingerprint density at radius 2 is 1.73 bits per heavy atom. The topological polar surface area (TPSA) is 45.2 Å². The van der Waals surface area contributed by atoms with E-state index >= 15 is 0 Å². The first-order valence-electron chi connectivity index (χ1n) is 15.5. The zero-order valence-corrected chi connectivity index (χ0v) is 25.5. The van der Waals surface area contributed by atoms with Crippen molar-refractivity contribution in [2.45, 2.75) is 83.2 Å². The molecule has 1 fully saturated rings. The number of aliphatic hydroxyl groups is 1. The van der Waals surface area contributed by atoms with Crippen molar-refractivity contribution >= 4 is 5.69 Å². The van der Waals surface area contributed by atoms with Crippen molar-refractivity contribution in [3.63, 3.8) is 0 Å². The predicted molar refractivity (Wildman–Crippen MR) is 169 cm³/mol. The fraction of sp³-hybridized carbons (Fsp3) is 0.500. The lowest BCUT2D eigenvalue weighted by Gasteiger charge is -2.32. The molecule has 220 valence electrons. The number of methoxy groups -OCH3 is 1. The van der Waals surface area contributed by atoms with Crippen molar-refractivity contribution in [2.24, 2.45) is 0 Å². The number of rotatable bonds is 10. The van der Waals surface area contributed by atoms with Crippen LogP contribution < -0.4 is 14.4 Å². The van der Waals surface area contributed by atoms with Crippen molar-refractivity contribution < 1.29 is 14.6 Å². The Morgan fingerprint density at radius 3 is 2.49 bits per heavy atom. The molecule has 0 amide bonds. The number of hydrogen-bond acceptors (Lipinski definition) is 5. The molecule has 0 aromatic heterocycles. The van der Waals surface area contributed by atoms with Gasteiger partial charge in [-0.2, -0.15) is 0 Å². The third kappa shape index (κ3) is 7.37. The summed E-state index contributed by atoms with van der Waals surface area (Å²) in [5.41, 5.74) is 7.82. The second-order valence-electron chi connectivity index (χ2n) is 12.2. The first kappa shape index (κ1) is 29.3. The highest BCUT2D eigenvalue weighted by Crippen LogP contribution is 2.44. The molecule has 0 spiro atoms. The van der Waals surface area contributed by atoms with Crippen molar-refractivity contribution in [1.82, 2.24) is 4.90 Å². The summed E-state index contributed by atoms with van der Waals surface area (Å²) < 4.78 is 11.8. The number of benzene rings is 2. The fourth-order valence-electron chi connectivity index (χ4n) is 6.93. The average molecular weight is 557 g/mol. The maximum absolute atomic E-state index is 10.1. The lowest BCUT2D eigenvalue weighted by atomic mass is 9.78. The number of nitrogens with zero attached hydrogens (tertiary/aromatic N) is 2. The SMILES string of the molecule is COc1cc(C)c(C2CCC3=C(C=CCC(O)=C3)C2)c(N(C)Cc2ccc(OCCN(C)C3CCCCC3)cc2)c1. The minimum absolute atomic E-state index is 0.429. The van der Waals surface area contributed by atoms with Gasteiger partial charge in [-0.3, -0.25) is 0 Å². The van der Waals surface area contributed by atoms with Crippen LogP contribution in [-0.4, -0.2) is 50.4 Å². The standard InChI is InChI=1S/C36H48N2O3/c1-26-21-34(40-4)24-35(36(26)30-16-15-29-23-32(39)12-8-9-28(29)22-30)38(3)25-27-13-17-33(18-14-27)41-20-19-37(2)31-10-6-5-7-11-31/h8-9,13-14,17-18,21,23-24,30-31,39H,5-7,10-12,15-16,19-20,22,25H2,1-4H3. The van der Waals surface area contributed by atoms with Gasteiger partial charge < -0.3 is 24.4 Å². The molecule has 0 aliphatic heterocycles. The van der Waals surface area contributed by atoms with Crippen molar-refractivity contribution in [2.75, 3.05) is 39.3 Å². The first-order valence-corrected chi connectivity index (χ1v) is 15.5. The Bertz CT molecular complexity index is 1270. The highest BCUT2D eigenvalue weighted by atomic mass is 16.5. The number of hydrogen-bond donors (Lipinski definition) is 1. The normalized spacial score (nSPS) is 19.5. The average Bonchev–Trinajstić information content (AvgIpc) is 3.17. The quantitative estimate of drug-likeness (QED) is 0.319. The summed E-state index contributed by atoms with van der Waals surface area (Å²) in [5, 5.41) is 10.1. The molecule has 3 aliphatic rings. The van der Waals surface area contributed by atoms with Crippen LogP contribution in [0.1, 0.15) is 80.4 Å². The van der Waals surface area contributed by atoms with Crippen LogP contribution in [0.25, 0.3) is 0 Å². The molecule has 0 radical (unpaired) electrons. The molecule has 0 heterocycles. The molecule has 3 aliphatic carbocycles. The Kier molecular flexibility index (Phi) is 9.76. The smallest absolute Gasteiger partial charge is 0.121 e. The van der Waals surface area contributed by atoms with E-state index in [0.717, 1.165) is 56.5 Å². The minimum Gasteiger partial charge on any atom is -0.512 e. The van der Waals surface area contributed by atoms with Crippen LogP contribution in [0.2, 0.25) is 0 Å². The van der Waals surface area contributed by atoms with Gasteiger partial charge in [0.2, 0.25) is 0 Å². The summed E-state index contributed by atoms with van der Waals surface area (Å²) >= 11 is 0. The van der Waals surface area contributed by atoms with E-state index in [2.05, 4.69) is 79.4 Å². The molecule has 1 atom stereocenters. The molecular weight excluding hydrogens is 508 g/mol. The van der Waals surface area contributed by atoms with Gasteiger partial charge in [0, 0.05) is 44.4 Å². The maximum atomic E-state index is 10.1. The van der Waals surface area contributed by atoms with Gasteiger partial charge in [-0.25, -0.2) is 0 Å². The van der Waals surface area contributed by atoms with Crippen LogP contribution in [0.3, 0.4) is 0 Å². The highest BCUT2D eigenvalue weighted by Gasteiger charge is 2.27. The van der Waals surface area contributed by atoms with E-state index in [9.17, 15) is 5.11 Å². The largest absolute Gasteiger partial charge is 0.512 e. The second kappa shape index (κ2) is 13.7. The van der Waals surface area contributed by atoms with E-state index in [-0.39, 0.29) is 0 Å². The van der Waals surface area contributed by atoms with Crippen molar-refractivity contribution in [1.29, 1.82) is 0 Å². The van der Waals surface area contributed by atoms with E-state index in [1.165, 1.54) is 65.6 Å². The van der Waals surface area contributed by atoms with Gasteiger partial charge >= 0.3 is 0 Å². The van der Waals surface area contributed by atoms with Gasteiger partial charge in [0.15, 0.2) is 0 Å². The monoisotopic (exact) mass is 556 g/mol. The summed E-state index contributed by atoms with van der Waals surface area (Å²) in [4.78, 5) is 4.84. The molecule has 2 aromatic carbocycles. The molecule has 1 saturated carbocycles. The number of likely N-dealkylation sites (N-methyl/N-ethyl adjacent to an activating group) is 1. The number of aliphatic hydroxyl groups excluding tert-OH is 1.